The number of benzene rings is 2. The fourth-order valence-corrected chi connectivity index (χ4v) is 4.01. The fourth-order valence-electron chi connectivity index (χ4n) is 2.34. The Morgan fingerprint density at radius 2 is 1.90 bits per heavy atom. The van der Waals surface area contributed by atoms with E-state index in [-0.39, 0.29) is 5.91 Å². The van der Waals surface area contributed by atoms with Gasteiger partial charge in [0.15, 0.2) is 0 Å². The maximum absolute atomic E-state index is 11.5. The summed E-state index contributed by atoms with van der Waals surface area (Å²) in [6.45, 7) is 0. The maximum Gasteiger partial charge on any atom is 0.228 e. The average molecular weight is 450 g/mol. The topological polar surface area (TPSA) is 29.1 Å². The molecule has 1 aliphatic rings. The summed E-state index contributed by atoms with van der Waals surface area (Å²) in [7, 11) is 0. The van der Waals surface area contributed by atoms with Crippen LogP contribution in [-0.2, 0) is 11.2 Å². The quantitative estimate of drug-likeness (QED) is 0.586. The van der Waals surface area contributed by atoms with Gasteiger partial charge in [0.1, 0.15) is 0 Å². The molecular formula is C15H9Br2Cl2NO. The van der Waals surface area contributed by atoms with E-state index in [2.05, 4.69) is 37.2 Å². The van der Waals surface area contributed by atoms with Crippen LogP contribution in [0.3, 0.4) is 0 Å². The van der Waals surface area contributed by atoms with Crippen molar-refractivity contribution < 1.29 is 4.79 Å². The second-order valence-electron chi connectivity index (χ2n) is 4.78. The predicted molar refractivity (Wildman–Crippen MR) is 93.3 cm³/mol. The zero-order valence-electron chi connectivity index (χ0n) is 10.6. The van der Waals surface area contributed by atoms with Crippen molar-refractivity contribution in [3.8, 4) is 0 Å². The molecule has 1 N–H and O–H groups in total. The van der Waals surface area contributed by atoms with Gasteiger partial charge in [-0.25, -0.2) is 0 Å². The molecule has 0 saturated carbocycles. The first-order chi connectivity index (χ1) is 9.95. The highest BCUT2D eigenvalue weighted by Gasteiger charge is 2.23. The first-order valence-electron chi connectivity index (χ1n) is 6.17. The van der Waals surface area contributed by atoms with Gasteiger partial charge in [0.25, 0.3) is 0 Å². The number of amides is 1. The number of rotatable bonds is 2. The fraction of sp³-hybridized carbons (Fsp3) is 0.133. The van der Waals surface area contributed by atoms with E-state index >= 15 is 0 Å². The molecule has 6 heteroatoms. The van der Waals surface area contributed by atoms with Gasteiger partial charge in [-0.05, 0) is 47.0 Å². The Kier molecular flexibility index (Phi) is 4.33. The third kappa shape index (κ3) is 3.00. The number of halogens is 4. The minimum absolute atomic E-state index is 0.0204. The Morgan fingerprint density at radius 1 is 1.14 bits per heavy atom. The molecule has 0 radical (unpaired) electrons. The van der Waals surface area contributed by atoms with Crippen molar-refractivity contribution in [3.63, 3.8) is 0 Å². The molecule has 2 aromatic rings. The molecule has 0 saturated heterocycles. The number of nitrogens with one attached hydrogen (secondary N) is 1. The van der Waals surface area contributed by atoms with Crippen LogP contribution in [0.5, 0.6) is 0 Å². The van der Waals surface area contributed by atoms with E-state index in [1.165, 1.54) is 0 Å². The minimum Gasteiger partial charge on any atom is -0.325 e. The Labute approximate surface area is 149 Å². The van der Waals surface area contributed by atoms with Gasteiger partial charge in [0, 0.05) is 19.7 Å². The molecule has 0 fully saturated rings. The molecule has 0 aromatic heterocycles. The molecule has 2 nitrogen and oxygen atoms in total. The molecule has 0 aliphatic carbocycles. The first-order valence-corrected chi connectivity index (χ1v) is 8.57. The summed E-state index contributed by atoms with van der Waals surface area (Å²) in [4.78, 5) is 11.5. The Balaban J connectivity index is 2.06. The highest BCUT2D eigenvalue weighted by atomic mass is 79.9. The molecule has 1 atom stereocenters. The van der Waals surface area contributed by atoms with Crippen LogP contribution in [0.4, 0.5) is 5.69 Å². The summed E-state index contributed by atoms with van der Waals surface area (Å²) >= 11 is 19.9. The largest absolute Gasteiger partial charge is 0.325 e. The van der Waals surface area contributed by atoms with Crippen LogP contribution >= 0.6 is 55.1 Å². The highest BCUT2D eigenvalue weighted by Crippen LogP contribution is 2.41. The lowest BCUT2D eigenvalue weighted by atomic mass is 10.0. The van der Waals surface area contributed by atoms with Crippen LogP contribution in [0.1, 0.15) is 22.1 Å². The van der Waals surface area contributed by atoms with Crippen LogP contribution in [0, 0.1) is 0 Å². The monoisotopic (exact) mass is 447 g/mol. The van der Waals surface area contributed by atoms with Gasteiger partial charge in [-0.1, -0.05) is 43.5 Å². The molecule has 1 unspecified atom stereocenters. The van der Waals surface area contributed by atoms with Gasteiger partial charge in [-0.2, -0.15) is 0 Å². The number of carbonyl (C=O) groups excluding carboxylic acids is 1. The third-order valence-electron chi connectivity index (χ3n) is 3.35. The Morgan fingerprint density at radius 3 is 2.67 bits per heavy atom. The molecular weight excluding hydrogens is 441 g/mol. The van der Waals surface area contributed by atoms with Crippen LogP contribution in [0.2, 0.25) is 5.02 Å². The van der Waals surface area contributed by atoms with Crippen molar-refractivity contribution in [2.75, 3.05) is 5.32 Å². The maximum atomic E-state index is 11.5. The van der Waals surface area contributed by atoms with E-state index in [1.54, 1.807) is 6.07 Å². The first kappa shape index (κ1) is 15.3. The van der Waals surface area contributed by atoms with E-state index < -0.39 is 5.38 Å². The number of anilines is 1. The van der Waals surface area contributed by atoms with Crippen LogP contribution in [0.15, 0.2) is 39.3 Å². The summed E-state index contributed by atoms with van der Waals surface area (Å²) in [6.07, 6.45) is 0.364. The summed E-state index contributed by atoms with van der Waals surface area (Å²) in [5.41, 5.74) is 3.42. The summed E-state index contributed by atoms with van der Waals surface area (Å²) < 4.78 is 1.86. The van der Waals surface area contributed by atoms with E-state index in [1.807, 2.05) is 24.3 Å². The predicted octanol–water partition coefficient (Wildman–Crippen LogP) is 5.69. The third-order valence-corrected chi connectivity index (χ3v) is 5.36. The lowest BCUT2D eigenvalue weighted by Gasteiger charge is -2.16. The van der Waals surface area contributed by atoms with E-state index in [0.29, 0.717) is 11.4 Å². The van der Waals surface area contributed by atoms with Gasteiger partial charge in [-0.3, -0.25) is 4.79 Å². The average Bonchev–Trinajstić information content (AvgIpc) is 2.79. The molecule has 1 heterocycles. The second-order valence-corrected chi connectivity index (χ2v) is 7.40. The van der Waals surface area contributed by atoms with Gasteiger partial charge < -0.3 is 5.32 Å². The van der Waals surface area contributed by atoms with Crippen molar-refractivity contribution in [1.82, 2.24) is 0 Å². The van der Waals surface area contributed by atoms with Crippen LogP contribution in [-0.4, -0.2) is 5.91 Å². The number of hydrogen-bond acceptors (Lipinski definition) is 1. The van der Waals surface area contributed by atoms with Crippen molar-refractivity contribution in [2.45, 2.75) is 11.8 Å². The highest BCUT2D eigenvalue weighted by molar-refractivity contribution is 9.11. The van der Waals surface area contributed by atoms with Gasteiger partial charge >= 0.3 is 0 Å². The molecule has 2 aromatic carbocycles. The Hall–Kier alpha value is -0.550. The zero-order valence-corrected chi connectivity index (χ0v) is 15.3. The number of alkyl halides is 1. The second kappa shape index (κ2) is 5.92. The summed E-state index contributed by atoms with van der Waals surface area (Å²) in [6, 6.07) is 9.49. The SMILES string of the molecule is O=C1Cc2cc(C(Cl)c3cc(Br)ccc3Br)c(Cl)cc2N1. The molecule has 0 bridgehead atoms. The van der Waals surface area contributed by atoms with Gasteiger partial charge in [0.05, 0.1) is 11.8 Å². The molecule has 3 rings (SSSR count). The lowest BCUT2D eigenvalue weighted by Crippen LogP contribution is -2.03. The van der Waals surface area contributed by atoms with Gasteiger partial charge in [-0.15, -0.1) is 11.6 Å². The smallest absolute Gasteiger partial charge is 0.228 e. The van der Waals surface area contributed by atoms with Gasteiger partial charge in [0.2, 0.25) is 5.91 Å². The van der Waals surface area contributed by atoms with Crippen molar-refractivity contribution in [1.29, 1.82) is 0 Å². The normalized spacial score (nSPS) is 14.8. The van der Waals surface area contributed by atoms with Crippen LogP contribution in [0.25, 0.3) is 0 Å². The van der Waals surface area contributed by atoms with E-state index in [9.17, 15) is 4.79 Å². The standard InChI is InChI=1S/C15H9Br2Cl2NO/c16-8-1-2-11(17)9(5-8)15(19)10-3-7-4-14(21)20-13(7)6-12(10)18/h1-3,5-6,15H,4H2,(H,20,21). The number of hydrogen-bond donors (Lipinski definition) is 1. The molecule has 108 valence electrons. The Bertz CT molecular complexity index is 749. The van der Waals surface area contributed by atoms with E-state index in [4.69, 9.17) is 23.2 Å². The number of fused-ring (bicyclic) bond motifs is 1. The summed E-state index contributed by atoms with van der Waals surface area (Å²) in [5.74, 6) is -0.0204. The van der Waals surface area contributed by atoms with Crippen molar-refractivity contribution >= 4 is 66.7 Å². The summed E-state index contributed by atoms with van der Waals surface area (Å²) in [5, 5.41) is 2.93. The van der Waals surface area contributed by atoms with Crippen molar-refractivity contribution in [2.24, 2.45) is 0 Å². The number of carbonyl (C=O) groups is 1. The van der Waals surface area contributed by atoms with E-state index in [0.717, 1.165) is 31.3 Å². The molecule has 1 amide bonds. The molecule has 0 spiro atoms. The zero-order chi connectivity index (χ0) is 15.1. The minimum atomic E-state index is -0.398. The van der Waals surface area contributed by atoms with Crippen molar-refractivity contribution in [3.05, 3.63) is 61.0 Å². The lowest BCUT2D eigenvalue weighted by molar-refractivity contribution is -0.115. The molecule has 1 aliphatic heterocycles. The molecule has 21 heavy (non-hydrogen) atoms. The van der Waals surface area contributed by atoms with Crippen LogP contribution < -0.4 is 5.32 Å².